The zero-order valence-corrected chi connectivity index (χ0v) is 16.9. The third-order valence-corrected chi connectivity index (χ3v) is 5.26. The standard InChI is InChI=1S/C22H22O10/c1-29-12-6-13(24)18-14(25)8-15(31-16(18)7-12)10-2-4-11(5-3-10)30-22-21(28)20(27)19(26)17(9-23)32-22/h2-8,17,19-24,26-28H,9H2,1H3/t17-,19-,20-,21-,22-/m0/s1. The van der Waals surface area contributed by atoms with Gasteiger partial charge in [0.1, 0.15) is 58.4 Å². The van der Waals surface area contributed by atoms with Crippen LogP contribution >= 0.6 is 0 Å². The topological polar surface area (TPSA) is 159 Å². The Balaban J connectivity index is 1.59. The van der Waals surface area contributed by atoms with Crippen molar-refractivity contribution in [1.82, 2.24) is 0 Å². The first kappa shape index (κ1) is 22.1. The number of ether oxygens (including phenoxy) is 3. The Hall–Kier alpha value is -3.15. The van der Waals surface area contributed by atoms with Crippen molar-refractivity contribution in [3.05, 3.63) is 52.7 Å². The molecule has 0 amide bonds. The number of methoxy groups -OCH3 is 1. The summed E-state index contributed by atoms with van der Waals surface area (Å²) in [5, 5.41) is 49.2. The molecule has 3 aromatic rings. The Labute approximate surface area is 181 Å². The Morgan fingerprint density at radius 3 is 2.34 bits per heavy atom. The molecule has 1 aromatic heterocycles. The number of aliphatic hydroxyl groups excluding tert-OH is 4. The summed E-state index contributed by atoms with van der Waals surface area (Å²) in [6.45, 7) is -0.564. The van der Waals surface area contributed by atoms with E-state index < -0.39 is 42.7 Å². The molecule has 1 fully saturated rings. The smallest absolute Gasteiger partial charge is 0.229 e. The number of rotatable bonds is 5. The zero-order chi connectivity index (χ0) is 23.0. The van der Waals surface area contributed by atoms with Gasteiger partial charge in [-0.25, -0.2) is 0 Å². The van der Waals surface area contributed by atoms with Crippen LogP contribution in [-0.2, 0) is 4.74 Å². The number of hydrogen-bond acceptors (Lipinski definition) is 10. The van der Waals surface area contributed by atoms with Gasteiger partial charge < -0.3 is 44.2 Å². The molecule has 5 atom stereocenters. The number of phenolic OH excluding ortho intramolecular Hbond substituents is 1. The molecule has 0 radical (unpaired) electrons. The zero-order valence-electron chi connectivity index (χ0n) is 16.9. The van der Waals surface area contributed by atoms with Crippen molar-refractivity contribution >= 4 is 11.0 Å². The van der Waals surface area contributed by atoms with Crippen LogP contribution in [0.3, 0.4) is 0 Å². The lowest BCUT2D eigenvalue weighted by Crippen LogP contribution is -2.60. The van der Waals surface area contributed by atoms with Crippen molar-refractivity contribution in [2.75, 3.05) is 13.7 Å². The highest BCUT2D eigenvalue weighted by Gasteiger charge is 2.44. The van der Waals surface area contributed by atoms with E-state index in [9.17, 15) is 30.3 Å². The second-order valence-electron chi connectivity index (χ2n) is 7.33. The lowest BCUT2D eigenvalue weighted by atomic mass is 9.99. The summed E-state index contributed by atoms with van der Waals surface area (Å²) in [5.41, 5.74) is 0.265. The van der Waals surface area contributed by atoms with Gasteiger partial charge in [0.2, 0.25) is 6.29 Å². The molecule has 2 heterocycles. The van der Waals surface area contributed by atoms with Crippen LogP contribution in [0.2, 0.25) is 0 Å². The van der Waals surface area contributed by atoms with Gasteiger partial charge in [0, 0.05) is 23.8 Å². The van der Waals surface area contributed by atoms with Gasteiger partial charge in [-0.05, 0) is 24.3 Å². The fourth-order valence-electron chi connectivity index (χ4n) is 3.50. The van der Waals surface area contributed by atoms with Gasteiger partial charge in [-0.3, -0.25) is 4.79 Å². The minimum Gasteiger partial charge on any atom is -0.507 e. The van der Waals surface area contributed by atoms with E-state index in [0.717, 1.165) is 0 Å². The average Bonchev–Trinajstić information content (AvgIpc) is 2.79. The second kappa shape index (κ2) is 8.77. The minimum atomic E-state index is -1.55. The normalized spacial score (nSPS) is 25.6. The maximum atomic E-state index is 12.5. The van der Waals surface area contributed by atoms with Crippen molar-refractivity contribution in [1.29, 1.82) is 0 Å². The molecular formula is C22H22O10. The first-order chi connectivity index (χ1) is 15.3. The number of aliphatic hydroxyl groups is 4. The molecule has 0 saturated carbocycles. The summed E-state index contributed by atoms with van der Waals surface area (Å²) in [4.78, 5) is 12.5. The van der Waals surface area contributed by atoms with E-state index in [2.05, 4.69) is 0 Å². The van der Waals surface area contributed by atoms with Gasteiger partial charge in [0.15, 0.2) is 5.43 Å². The van der Waals surface area contributed by atoms with Gasteiger partial charge >= 0.3 is 0 Å². The molecule has 10 heteroatoms. The van der Waals surface area contributed by atoms with Crippen molar-refractivity contribution in [2.24, 2.45) is 0 Å². The predicted octanol–water partition coefficient (Wildman–Crippen LogP) is 0.353. The lowest BCUT2D eigenvalue weighted by Gasteiger charge is -2.39. The molecule has 1 aliphatic heterocycles. The van der Waals surface area contributed by atoms with Crippen molar-refractivity contribution < 1.29 is 44.2 Å². The number of benzene rings is 2. The van der Waals surface area contributed by atoms with Crippen molar-refractivity contribution in [3.63, 3.8) is 0 Å². The predicted molar refractivity (Wildman–Crippen MR) is 111 cm³/mol. The van der Waals surface area contributed by atoms with Gasteiger partial charge in [0.05, 0.1) is 13.7 Å². The maximum Gasteiger partial charge on any atom is 0.229 e. The van der Waals surface area contributed by atoms with Crippen LogP contribution in [0.5, 0.6) is 17.2 Å². The van der Waals surface area contributed by atoms with Gasteiger partial charge in [-0.15, -0.1) is 0 Å². The molecule has 1 aliphatic rings. The molecule has 10 nitrogen and oxygen atoms in total. The third-order valence-electron chi connectivity index (χ3n) is 5.26. The molecule has 0 spiro atoms. The van der Waals surface area contributed by atoms with E-state index in [1.165, 1.54) is 37.4 Å². The van der Waals surface area contributed by atoms with Crippen LogP contribution in [0.25, 0.3) is 22.3 Å². The molecule has 4 rings (SSSR count). The SMILES string of the molecule is COc1cc(O)c2c(=O)cc(-c3ccc(O[C@H]4O[C@@H](CO)[C@H](O)[C@H](O)[C@@H]4O)cc3)oc2c1. The summed E-state index contributed by atoms with van der Waals surface area (Å²) < 4.78 is 21.7. The van der Waals surface area contributed by atoms with Crippen LogP contribution in [0.4, 0.5) is 0 Å². The van der Waals surface area contributed by atoms with Crippen LogP contribution in [0.15, 0.2) is 51.7 Å². The second-order valence-corrected chi connectivity index (χ2v) is 7.33. The summed E-state index contributed by atoms with van der Waals surface area (Å²) in [6.07, 6.45) is -6.96. The summed E-state index contributed by atoms with van der Waals surface area (Å²) in [6, 6.07) is 10.3. The van der Waals surface area contributed by atoms with E-state index in [1.807, 2.05) is 0 Å². The highest BCUT2D eigenvalue weighted by Crippen LogP contribution is 2.32. The van der Waals surface area contributed by atoms with Crippen LogP contribution in [0.1, 0.15) is 0 Å². The molecule has 0 aliphatic carbocycles. The Morgan fingerprint density at radius 2 is 1.69 bits per heavy atom. The number of phenols is 1. The molecule has 170 valence electrons. The first-order valence-corrected chi connectivity index (χ1v) is 9.75. The highest BCUT2D eigenvalue weighted by molar-refractivity contribution is 5.86. The van der Waals surface area contributed by atoms with Crippen LogP contribution < -0.4 is 14.9 Å². The molecule has 0 unspecified atom stereocenters. The van der Waals surface area contributed by atoms with Gasteiger partial charge in [0.25, 0.3) is 0 Å². The molecule has 5 N–H and O–H groups in total. The van der Waals surface area contributed by atoms with E-state index >= 15 is 0 Å². The van der Waals surface area contributed by atoms with E-state index in [0.29, 0.717) is 11.3 Å². The largest absolute Gasteiger partial charge is 0.507 e. The quantitative estimate of drug-likeness (QED) is 0.370. The summed E-state index contributed by atoms with van der Waals surface area (Å²) in [7, 11) is 1.43. The fraction of sp³-hybridized carbons (Fsp3) is 0.318. The van der Waals surface area contributed by atoms with Crippen LogP contribution in [0, 0.1) is 0 Å². The Morgan fingerprint density at radius 1 is 0.969 bits per heavy atom. The molecule has 0 bridgehead atoms. The van der Waals surface area contributed by atoms with Crippen molar-refractivity contribution in [2.45, 2.75) is 30.7 Å². The first-order valence-electron chi connectivity index (χ1n) is 9.75. The number of fused-ring (bicyclic) bond motifs is 1. The number of hydrogen-bond donors (Lipinski definition) is 5. The van der Waals surface area contributed by atoms with Crippen LogP contribution in [-0.4, -0.2) is 70.0 Å². The van der Waals surface area contributed by atoms with E-state index in [4.69, 9.17) is 18.6 Å². The average molecular weight is 446 g/mol. The van der Waals surface area contributed by atoms with E-state index in [1.54, 1.807) is 12.1 Å². The number of aromatic hydroxyl groups is 1. The molecule has 1 saturated heterocycles. The van der Waals surface area contributed by atoms with E-state index in [-0.39, 0.29) is 28.2 Å². The molecule has 2 aromatic carbocycles. The molecular weight excluding hydrogens is 424 g/mol. The third kappa shape index (κ3) is 4.01. The molecule has 32 heavy (non-hydrogen) atoms. The Kier molecular flexibility index (Phi) is 6.04. The maximum absolute atomic E-state index is 12.5. The van der Waals surface area contributed by atoms with Crippen molar-refractivity contribution in [3.8, 4) is 28.6 Å². The summed E-state index contributed by atoms with van der Waals surface area (Å²) >= 11 is 0. The summed E-state index contributed by atoms with van der Waals surface area (Å²) in [5.74, 6) is 0.594. The highest BCUT2D eigenvalue weighted by atomic mass is 16.7. The van der Waals surface area contributed by atoms with Gasteiger partial charge in [-0.2, -0.15) is 0 Å². The fourth-order valence-corrected chi connectivity index (χ4v) is 3.50. The monoisotopic (exact) mass is 446 g/mol. The Bertz CT molecular complexity index is 1150. The minimum absolute atomic E-state index is 0.0390. The lowest BCUT2D eigenvalue weighted by molar-refractivity contribution is -0.277. The van der Waals surface area contributed by atoms with Gasteiger partial charge in [-0.1, -0.05) is 0 Å².